The minimum atomic E-state index is -4.18. The average Bonchev–Trinajstić information content (AvgIpc) is 3.25. The van der Waals surface area contributed by atoms with Crippen LogP contribution in [-0.4, -0.2) is 52.1 Å². The first kappa shape index (κ1) is 24.6. The van der Waals surface area contributed by atoms with E-state index in [0.29, 0.717) is 40.2 Å². The highest BCUT2D eigenvalue weighted by Crippen LogP contribution is 2.32. The molecule has 0 amide bonds. The molecule has 4 aromatic rings. The summed E-state index contributed by atoms with van der Waals surface area (Å²) in [6.07, 6.45) is 2.96. The van der Waals surface area contributed by atoms with E-state index in [2.05, 4.69) is 31.3 Å². The summed E-state index contributed by atoms with van der Waals surface area (Å²) >= 11 is 3.45. The Morgan fingerprint density at radius 1 is 1.17 bits per heavy atom. The monoisotopic (exact) mass is 577 g/mol. The molecule has 2 N–H and O–H groups in total. The fraction of sp³-hybridized carbons (Fsp3) is 0.250. The Hall–Kier alpha value is -3.09. The third-order valence-corrected chi connectivity index (χ3v) is 8.61. The highest BCUT2D eigenvalue weighted by molar-refractivity contribution is 9.10. The Morgan fingerprint density at radius 3 is 2.78 bits per heavy atom. The number of phenolic OH excluding ortho intramolecular Hbond substituents is 1. The maximum absolute atomic E-state index is 14.2. The average molecular weight is 578 g/mol. The van der Waals surface area contributed by atoms with Crippen molar-refractivity contribution in [3.63, 3.8) is 0 Å². The Balaban J connectivity index is 1.39. The summed E-state index contributed by atoms with van der Waals surface area (Å²) in [5.41, 5.74) is 1.65. The lowest BCUT2D eigenvalue weighted by atomic mass is 10.00. The van der Waals surface area contributed by atoms with Crippen LogP contribution in [0.1, 0.15) is 12.8 Å². The number of benzene rings is 2. The number of phenols is 1. The molecule has 0 bridgehead atoms. The molecule has 0 saturated carbocycles. The van der Waals surface area contributed by atoms with E-state index in [1.54, 1.807) is 41.0 Å². The number of aromatic nitrogens is 3. The zero-order valence-corrected chi connectivity index (χ0v) is 21.3. The highest BCUT2D eigenvalue weighted by Gasteiger charge is 2.32. The molecule has 5 rings (SSSR count). The molecule has 188 valence electrons. The minimum Gasteiger partial charge on any atom is -0.507 e. The van der Waals surface area contributed by atoms with E-state index in [-0.39, 0.29) is 24.8 Å². The molecule has 2 aromatic heterocycles. The summed E-state index contributed by atoms with van der Waals surface area (Å²) in [4.78, 5) is 3.96. The Bertz CT molecular complexity index is 1550. The van der Waals surface area contributed by atoms with Gasteiger partial charge in [-0.3, -0.25) is 0 Å². The Labute approximate surface area is 214 Å². The van der Waals surface area contributed by atoms with Crippen molar-refractivity contribution < 1.29 is 22.3 Å². The van der Waals surface area contributed by atoms with Crippen molar-refractivity contribution in [2.45, 2.75) is 17.7 Å². The summed E-state index contributed by atoms with van der Waals surface area (Å²) in [5, 5.41) is 18.0. The molecule has 1 fully saturated rings. The molecule has 12 heteroatoms. The van der Waals surface area contributed by atoms with E-state index in [1.165, 1.54) is 4.31 Å². The van der Waals surface area contributed by atoms with Crippen molar-refractivity contribution in [3.05, 3.63) is 70.8 Å². The van der Waals surface area contributed by atoms with Crippen LogP contribution in [0.3, 0.4) is 0 Å². The molecular weight excluding hydrogens is 556 g/mol. The van der Waals surface area contributed by atoms with Gasteiger partial charge in [0.15, 0.2) is 5.65 Å². The number of nitrogens with one attached hydrogen (secondary N) is 1. The van der Waals surface area contributed by atoms with Crippen molar-refractivity contribution in [2.75, 3.05) is 25.0 Å². The number of hydrogen-bond acceptors (Lipinski definition) is 6. The van der Waals surface area contributed by atoms with Crippen molar-refractivity contribution in [1.82, 2.24) is 18.9 Å². The largest absolute Gasteiger partial charge is 0.507 e. The van der Waals surface area contributed by atoms with Crippen molar-refractivity contribution in [2.24, 2.45) is 5.92 Å². The number of fused-ring (bicyclic) bond motifs is 1. The van der Waals surface area contributed by atoms with Gasteiger partial charge in [0, 0.05) is 31.3 Å². The van der Waals surface area contributed by atoms with Crippen molar-refractivity contribution >= 4 is 37.4 Å². The number of rotatable bonds is 6. The van der Waals surface area contributed by atoms with Crippen LogP contribution in [0.15, 0.2) is 64.1 Å². The predicted octanol–water partition coefficient (Wildman–Crippen LogP) is 4.66. The van der Waals surface area contributed by atoms with E-state index in [9.17, 15) is 22.3 Å². The first-order valence-electron chi connectivity index (χ1n) is 11.3. The van der Waals surface area contributed by atoms with E-state index < -0.39 is 26.6 Å². The topological polar surface area (TPSA) is 99.8 Å². The van der Waals surface area contributed by atoms with Gasteiger partial charge in [0.25, 0.3) is 0 Å². The lowest BCUT2D eigenvalue weighted by molar-refractivity contribution is 0.274. The lowest BCUT2D eigenvalue weighted by Gasteiger charge is -2.32. The summed E-state index contributed by atoms with van der Waals surface area (Å²) in [7, 11) is -4.18. The number of nitrogens with zero attached hydrogens (tertiary/aromatic N) is 4. The van der Waals surface area contributed by atoms with Crippen LogP contribution >= 0.6 is 15.9 Å². The van der Waals surface area contributed by atoms with E-state index >= 15 is 0 Å². The van der Waals surface area contributed by atoms with Gasteiger partial charge < -0.3 is 10.4 Å². The fourth-order valence-electron chi connectivity index (χ4n) is 4.36. The molecule has 2 aromatic carbocycles. The smallest absolute Gasteiger partial charge is 0.246 e. The zero-order valence-electron chi connectivity index (χ0n) is 18.9. The van der Waals surface area contributed by atoms with Gasteiger partial charge in [0.05, 0.1) is 16.4 Å². The van der Waals surface area contributed by atoms with Gasteiger partial charge in [-0.1, -0.05) is 12.1 Å². The predicted molar refractivity (Wildman–Crippen MR) is 134 cm³/mol. The summed E-state index contributed by atoms with van der Waals surface area (Å²) < 4.78 is 57.4. The van der Waals surface area contributed by atoms with Crippen LogP contribution < -0.4 is 5.32 Å². The van der Waals surface area contributed by atoms with Gasteiger partial charge in [-0.05, 0) is 65.0 Å². The highest BCUT2D eigenvalue weighted by atomic mass is 79.9. The summed E-state index contributed by atoms with van der Waals surface area (Å²) in [5.74, 6) is -1.16. The molecule has 1 atom stereocenters. The molecule has 1 aliphatic heterocycles. The maximum Gasteiger partial charge on any atom is 0.246 e. The summed E-state index contributed by atoms with van der Waals surface area (Å²) in [6.45, 7) is 0.806. The molecule has 3 heterocycles. The minimum absolute atomic E-state index is 0.0825. The Kier molecular flexibility index (Phi) is 6.66. The second-order valence-electron chi connectivity index (χ2n) is 8.60. The molecule has 1 saturated heterocycles. The quantitative estimate of drug-likeness (QED) is 0.346. The van der Waals surface area contributed by atoms with Crippen LogP contribution in [-0.2, 0) is 10.0 Å². The summed E-state index contributed by atoms with van der Waals surface area (Å²) in [6, 6.07) is 11.1. The van der Waals surface area contributed by atoms with Gasteiger partial charge in [-0.25, -0.2) is 22.2 Å². The number of piperidine rings is 1. The van der Waals surface area contributed by atoms with Gasteiger partial charge in [-0.2, -0.15) is 13.9 Å². The van der Waals surface area contributed by atoms with Crippen LogP contribution in [0.4, 0.5) is 14.6 Å². The molecule has 8 nitrogen and oxygen atoms in total. The maximum atomic E-state index is 14.2. The number of anilines is 1. The first-order chi connectivity index (χ1) is 17.2. The third kappa shape index (κ3) is 4.67. The number of hydrogen-bond donors (Lipinski definition) is 2. The fourth-order valence-corrected chi connectivity index (χ4v) is 6.34. The van der Waals surface area contributed by atoms with E-state index in [0.717, 1.165) is 24.6 Å². The molecule has 0 radical (unpaired) electrons. The molecule has 0 aliphatic carbocycles. The molecule has 0 spiro atoms. The van der Waals surface area contributed by atoms with Gasteiger partial charge in [0.1, 0.15) is 28.1 Å². The van der Waals surface area contributed by atoms with E-state index in [1.807, 2.05) is 0 Å². The second-order valence-corrected chi connectivity index (χ2v) is 11.4. The van der Waals surface area contributed by atoms with E-state index in [4.69, 9.17) is 0 Å². The van der Waals surface area contributed by atoms with Gasteiger partial charge >= 0.3 is 0 Å². The number of halogens is 3. The van der Waals surface area contributed by atoms with Crippen LogP contribution in [0.5, 0.6) is 5.75 Å². The number of sulfonamides is 1. The lowest BCUT2D eigenvalue weighted by Crippen LogP contribution is -2.42. The zero-order chi connectivity index (χ0) is 25.4. The van der Waals surface area contributed by atoms with Crippen molar-refractivity contribution in [1.29, 1.82) is 0 Å². The van der Waals surface area contributed by atoms with Crippen LogP contribution in [0.2, 0.25) is 0 Å². The van der Waals surface area contributed by atoms with Gasteiger partial charge in [-0.15, -0.1) is 0 Å². The molecule has 36 heavy (non-hydrogen) atoms. The first-order valence-corrected chi connectivity index (χ1v) is 13.5. The van der Waals surface area contributed by atoms with Crippen LogP contribution in [0, 0.1) is 17.6 Å². The SMILES string of the molecule is O=S(=O)(c1cc(F)ccc1F)N1CCCC(CNc2cc(-c3ccccc3O)nc3c(Br)cnn23)C1. The second kappa shape index (κ2) is 9.75. The number of para-hydroxylation sites is 1. The third-order valence-electron chi connectivity index (χ3n) is 6.17. The van der Waals surface area contributed by atoms with Crippen LogP contribution in [0.25, 0.3) is 16.9 Å². The van der Waals surface area contributed by atoms with Crippen molar-refractivity contribution in [3.8, 4) is 17.0 Å². The molecular formula is C24H22BrF2N5O3S. The normalized spacial score (nSPS) is 16.9. The number of aromatic hydroxyl groups is 1. The molecule has 1 aliphatic rings. The van der Waals surface area contributed by atoms with Gasteiger partial charge in [0.2, 0.25) is 10.0 Å². The molecule has 1 unspecified atom stereocenters. The Morgan fingerprint density at radius 2 is 1.97 bits per heavy atom. The standard InChI is InChI=1S/C24H22BrF2N5O3S/c25-18-13-29-32-23(11-20(30-24(18)32)17-5-1-2-6-21(17)33)28-12-15-4-3-9-31(14-15)36(34,35)22-10-16(26)7-8-19(22)27/h1-2,5-8,10-11,13,15,28,33H,3-4,9,12,14H2.